The van der Waals surface area contributed by atoms with Gasteiger partial charge in [0.1, 0.15) is 0 Å². The van der Waals surface area contributed by atoms with Crippen LogP contribution in [0, 0.1) is 11.8 Å². The molecule has 4 aliphatic rings. The maximum atomic E-state index is 13.6. The first-order valence-corrected chi connectivity index (χ1v) is 10.2. The minimum absolute atomic E-state index is 0.0954. The molecular weight excluding hydrogens is 414 g/mol. The Morgan fingerprint density at radius 2 is 1.25 bits per heavy atom. The van der Waals surface area contributed by atoms with Crippen molar-refractivity contribution in [3.8, 4) is 0 Å². The second-order valence-corrected chi connectivity index (χ2v) is 8.97. The Kier molecular flexibility index (Phi) is 3.15. The second-order valence-electron chi connectivity index (χ2n) is 7.71. The van der Waals surface area contributed by atoms with Crippen molar-refractivity contribution < 1.29 is 9.59 Å². The number of para-hydroxylation sites is 1. The van der Waals surface area contributed by atoms with Crippen LogP contribution in [0.25, 0.3) is 0 Å². The van der Waals surface area contributed by atoms with Gasteiger partial charge in [-0.1, -0.05) is 82.7 Å². The van der Waals surface area contributed by atoms with Crippen molar-refractivity contribution in [3.63, 3.8) is 0 Å². The third kappa shape index (κ3) is 1.75. The Labute approximate surface area is 171 Å². The van der Waals surface area contributed by atoms with E-state index in [1.54, 1.807) is 0 Å². The zero-order chi connectivity index (χ0) is 19.0. The van der Waals surface area contributed by atoms with E-state index in [-0.39, 0.29) is 17.7 Å². The lowest BCUT2D eigenvalue weighted by molar-refractivity contribution is -0.122. The van der Waals surface area contributed by atoms with Gasteiger partial charge in [0, 0.05) is 5.92 Å². The van der Waals surface area contributed by atoms with E-state index in [4.69, 9.17) is 0 Å². The monoisotopic (exact) mass is 429 g/mol. The van der Waals surface area contributed by atoms with Gasteiger partial charge in [-0.3, -0.25) is 9.59 Å². The van der Waals surface area contributed by atoms with Gasteiger partial charge in [0.15, 0.2) is 0 Å². The van der Waals surface area contributed by atoms with Crippen LogP contribution in [0.4, 0.5) is 5.69 Å². The minimum atomic E-state index is -0.685. The minimum Gasteiger partial charge on any atom is -0.274 e. The van der Waals surface area contributed by atoms with E-state index in [0.29, 0.717) is 5.69 Å². The zero-order valence-electron chi connectivity index (χ0n) is 14.9. The van der Waals surface area contributed by atoms with Crippen molar-refractivity contribution in [2.45, 2.75) is 10.2 Å². The molecule has 3 aromatic rings. The third-order valence-corrected chi connectivity index (χ3v) is 7.88. The molecule has 0 unspecified atom stereocenters. The lowest BCUT2D eigenvalue weighted by Gasteiger charge is -2.51. The molecule has 0 aromatic heterocycles. The summed E-state index contributed by atoms with van der Waals surface area (Å²) in [6, 6.07) is 25.7. The highest BCUT2D eigenvalue weighted by atomic mass is 79.9. The number of rotatable bonds is 1. The Morgan fingerprint density at radius 1 is 0.714 bits per heavy atom. The number of nitrogens with zero attached hydrogens (tertiary/aromatic N) is 1. The molecule has 3 nitrogen and oxygen atoms in total. The van der Waals surface area contributed by atoms with E-state index in [9.17, 15) is 9.59 Å². The second kappa shape index (κ2) is 5.42. The number of hydrogen-bond acceptors (Lipinski definition) is 2. The van der Waals surface area contributed by atoms with E-state index < -0.39 is 16.2 Å². The summed E-state index contributed by atoms with van der Waals surface area (Å²) in [4.78, 5) is 28.6. The summed E-state index contributed by atoms with van der Waals surface area (Å²) in [5.74, 6) is -1.15. The number of alkyl halides is 1. The van der Waals surface area contributed by atoms with Gasteiger partial charge in [0.25, 0.3) is 0 Å². The molecule has 1 heterocycles. The van der Waals surface area contributed by atoms with Gasteiger partial charge in [-0.2, -0.15) is 0 Å². The highest BCUT2D eigenvalue weighted by molar-refractivity contribution is 9.09. The molecule has 2 bridgehead atoms. The van der Waals surface area contributed by atoms with Gasteiger partial charge in [0.05, 0.1) is 21.8 Å². The molecule has 0 radical (unpaired) electrons. The maximum Gasteiger partial charge on any atom is 0.239 e. The van der Waals surface area contributed by atoms with Gasteiger partial charge < -0.3 is 0 Å². The fraction of sp³-hybridized carbons (Fsp3) is 0.167. The van der Waals surface area contributed by atoms with Crippen molar-refractivity contribution in [2.75, 3.05) is 4.90 Å². The number of anilines is 1. The van der Waals surface area contributed by atoms with Crippen molar-refractivity contribution in [3.05, 3.63) is 101 Å². The van der Waals surface area contributed by atoms with Gasteiger partial charge >= 0.3 is 0 Å². The third-order valence-electron chi connectivity index (χ3n) is 6.53. The first-order chi connectivity index (χ1) is 13.6. The molecule has 2 atom stereocenters. The van der Waals surface area contributed by atoms with Crippen molar-refractivity contribution in [1.82, 2.24) is 0 Å². The molecule has 136 valence electrons. The van der Waals surface area contributed by atoms with Crippen molar-refractivity contribution >= 4 is 33.4 Å². The summed E-state index contributed by atoms with van der Waals surface area (Å²) in [5, 5.41) is 0. The number of halogens is 1. The molecule has 1 saturated heterocycles. The van der Waals surface area contributed by atoms with Crippen molar-refractivity contribution in [1.29, 1.82) is 0 Å². The smallest absolute Gasteiger partial charge is 0.239 e. The molecule has 0 spiro atoms. The summed E-state index contributed by atoms with van der Waals surface area (Å²) in [5.41, 5.74) is 5.16. The summed E-state index contributed by atoms with van der Waals surface area (Å²) in [6.45, 7) is 0. The molecule has 7 rings (SSSR count). The van der Waals surface area contributed by atoms with Gasteiger partial charge in [-0.05, 0) is 34.4 Å². The van der Waals surface area contributed by atoms with Crippen LogP contribution in [0.2, 0.25) is 0 Å². The lowest BCUT2D eigenvalue weighted by atomic mass is 9.55. The number of carbonyl (C=O) groups is 2. The average molecular weight is 430 g/mol. The van der Waals surface area contributed by atoms with Gasteiger partial charge in [0.2, 0.25) is 11.8 Å². The van der Waals surface area contributed by atoms with E-state index >= 15 is 0 Å². The Morgan fingerprint density at radius 3 is 1.86 bits per heavy atom. The maximum absolute atomic E-state index is 13.6. The lowest BCUT2D eigenvalue weighted by Crippen LogP contribution is -2.50. The van der Waals surface area contributed by atoms with E-state index in [0.717, 1.165) is 22.3 Å². The van der Waals surface area contributed by atoms with Crippen LogP contribution in [-0.4, -0.2) is 11.8 Å². The van der Waals surface area contributed by atoms with E-state index in [2.05, 4.69) is 40.2 Å². The van der Waals surface area contributed by atoms with Crippen LogP contribution >= 0.6 is 15.9 Å². The molecule has 3 aromatic carbocycles. The number of hydrogen-bond donors (Lipinski definition) is 0. The van der Waals surface area contributed by atoms with Gasteiger partial charge in [-0.15, -0.1) is 0 Å². The topological polar surface area (TPSA) is 37.4 Å². The molecule has 28 heavy (non-hydrogen) atoms. The molecule has 2 amide bonds. The first-order valence-electron chi connectivity index (χ1n) is 9.44. The standard InChI is InChI=1S/C24H16BrNO2/c25-24-17-12-6-4-10-15(17)19(16-11-5-7-13-18(16)24)20-21(24)23(28)26(22(20)27)14-8-2-1-3-9-14/h1-13,19-21H/t19?,20-,21-,24?/m1/s1. The first kappa shape index (κ1) is 16.3. The van der Waals surface area contributed by atoms with Gasteiger partial charge in [-0.25, -0.2) is 4.90 Å². The fourth-order valence-corrected chi connectivity index (χ4v) is 6.71. The Hall–Kier alpha value is -2.72. The zero-order valence-corrected chi connectivity index (χ0v) is 16.5. The Bertz CT molecular complexity index is 1110. The quantitative estimate of drug-likeness (QED) is 0.419. The molecular formula is C24H16BrNO2. The number of benzene rings is 3. The Balaban J connectivity index is 1.64. The molecule has 3 aliphatic carbocycles. The molecule has 1 aliphatic heterocycles. The van der Waals surface area contributed by atoms with Crippen LogP contribution < -0.4 is 4.90 Å². The normalized spacial score (nSPS) is 29.5. The van der Waals surface area contributed by atoms with Crippen LogP contribution in [0.1, 0.15) is 28.2 Å². The summed E-state index contributed by atoms with van der Waals surface area (Å²) < 4.78 is -0.685. The molecule has 4 heteroatoms. The SMILES string of the molecule is O=C1[C@@H]2C3c4ccccc4C(Br)(c4ccccc43)[C@H]2C(=O)N1c1ccccc1. The van der Waals surface area contributed by atoms with E-state index in [1.807, 2.05) is 54.6 Å². The predicted octanol–water partition coefficient (Wildman–Crippen LogP) is 4.59. The van der Waals surface area contributed by atoms with Crippen molar-refractivity contribution in [2.24, 2.45) is 11.8 Å². The van der Waals surface area contributed by atoms with Crippen LogP contribution in [-0.2, 0) is 13.9 Å². The van der Waals surface area contributed by atoms with Crippen LogP contribution in [0.3, 0.4) is 0 Å². The predicted molar refractivity (Wildman–Crippen MR) is 110 cm³/mol. The number of imide groups is 1. The van der Waals surface area contributed by atoms with E-state index in [1.165, 1.54) is 4.90 Å². The molecule has 1 fully saturated rings. The number of amides is 2. The molecule has 0 N–H and O–H groups in total. The fourth-order valence-electron chi connectivity index (χ4n) is 5.51. The summed E-state index contributed by atoms with van der Waals surface area (Å²) in [6.07, 6.45) is 0. The number of carbonyl (C=O) groups excluding carboxylic acids is 2. The average Bonchev–Trinajstić information content (AvgIpc) is 3.01. The summed E-state index contributed by atoms with van der Waals surface area (Å²) in [7, 11) is 0. The summed E-state index contributed by atoms with van der Waals surface area (Å²) >= 11 is 4.01. The van der Waals surface area contributed by atoms with Crippen LogP contribution in [0.5, 0.6) is 0 Å². The van der Waals surface area contributed by atoms with Crippen LogP contribution in [0.15, 0.2) is 78.9 Å². The highest BCUT2D eigenvalue weighted by Gasteiger charge is 2.67. The molecule has 0 saturated carbocycles. The largest absolute Gasteiger partial charge is 0.274 e. The highest BCUT2D eigenvalue weighted by Crippen LogP contribution is 2.66.